The Balaban J connectivity index is 1.90. The van der Waals surface area contributed by atoms with E-state index in [0.29, 0.717) is 12.3 Å². The Bertz CT molecular complexity index is 705. The molecule has 1 aliphatic rings. The van der Waals surface area contributed by atoms with Gasteiger partial charge < -0.3 is 14.7 Å². The van der Waals surface area contributed by atoms with Crippen LogP contribution in [-0.2, 0) is 0 Å². The number of rotatable bonds is 3. The fraction of sp³-hybridized carbons (Fsp3) is 0.118. The Kier molecular flexibility index (Phi) is 3.60. The second-order valence-corrected chi connectivity index (χ2v) is 4.76. The highest BCUT2D eigenvalue weighted by Crippen LogP contribution is 2.32. The van der Waals surface area contributed by atoms with E-state index in [-0.39, 0.29) is 0 Å². The molecule has 0 saturated carbocycles. The Morgan fingerprint density at radius 2 is 1.95 bits per heavy atom. The van der Waals surface area contributed by atoms with Crippen LogP contribution in [0.3, 0.4) is 0 Å². The van der Waals surface area contributed by atoms with Gasteiger partial charge in [-0.1, -0.05) is 23.4 Å². The number of benzene rings is 2. The molecule has 0 saturated heterocycles. The molecular formula is C17H15NO3. The van der Waals surface area contributed by atoms with Crippen molar-refractivity contribution in [2.24, 2.45) is 5.16 Å². The van der Waals surface area contributed by atoms with Gasteiger partial charge in [0.25, 0.3) is 0 Å². The van der Waals surface area contributed by atoms with E-state index in [1.807, 2.05) is 54.6 Å². The highest BCUT2D eigenvalue weighted by Gasteiger charge is 2.14. The Labute approximate surface area is 122 Å². The molecule has 106 valence electrons. The number of para-hydroxylation sites is 1. The van der Waals surface area contributed by atoms with Crippen molar-refractivity contribution < 1.29 is 14.7 Å². The molecule has 0 aromatic heterocycles. The third-order valence-corrected chi connectivity index (χ3v) is 3.29. The van der Waals surface area contributed by atoms with Crippen LogP contribution in [0.5, 0.6) is 17.2 Å². The van der Waals surface area contributed by atoms with E-state index in [4.69, 9.17) is 14.7 Å². The highest BCUT2D eigenvalue weighted by molar-refractivity contribution is 6.02. The smallest absolute Gasteiger partial charge is 0.128 e. The van der Waals surface area contributed by atoms with Gasteiger partial charge in [0.1, 0.15) is 23.9 Å². The van der Waals surface area contributed by atoms with Gasteiger partial charge in [-0.25, -0.2) is 0 Å². The molecule has 0 spiro atoms. The summed E-state index contributed by atoms with van der Waals surface area (Å²) in [6, 6.07) is 15.3. The molecule has 0 atom stereocenters. The minimum atomic E-state index is 0.405. The van der Waals surface area contributed by atoms with Crippen LogP contribution in [0.2, 0.25) is 0 Å². The van der Waals surface area contributed by atoms with Crippen LogP contribution in [-0.4, -0.2) is 17.5 Å². The van der Waals surface area contributed by atoms with Crippen LogP contribution in [0.25, 0.3) is 6.08 Å². The minimum absolute atomic E-state index is 0.405. The SMILES string of the molecule is CC(=NO)C1=Cc2cc(Oc3ccccc3)ccc2OC1. The van der Waals surface area contributed by atoms with E-state index >= 15 is 0 Å². The maximum Gasteiger partial charge on any atom is 0.128 e. The molecule has 1 heterocycles. The lowest BCUT2D eigenvalue weighted by Gasteiger charge is -2.18. The van der Waals surface area contributed by atoms with Crippen molar-refractivity contribution in [2.75, 3.05) is 6.61 Å². The maximum absolute atomic E-state index is 8.85. The van der Waals surface area contributed by atoms with Gasteiger partial charge in [-0.05, 0) is 43.3 Å². The molecule has 4 nitrogen and oxygen atoms in total. The van der Waals surface area contributed by atoms with Gasteiger partial charge in [0.2, 0.25) is 0 Å². The highest BCUT2D eigenvalue weighted by atomic mass is 16.5. The van der Waals surface area contributed by atoms with Crippen LogP contribution < -0.4 is 9.47 Å². The quantitative estimate of drug-likeness (QED) is 0.523. The molecule has 0 unspecified atom stereocenters. The molecule has 1 aliphatic heterocycles. The second-order valence-electron chi connectivity index (χ2n) is 4.76. The van der Waals surface area contributed by atoms with Crippen molar-refractivity contribution in [3.05, 3.63) is 59.7 Å². The van der Waals surface area contributed by atoms with E-state index in [2.05, 4.69) is 5.16 Å². The van der Waals surface area contributed by atoms with Gasteiger partial charge in [0.05, 0.1) is 5.71 Å². The van der Waals surface area contributed by atoms with E-state index < -0.39 is 0 Å². The molecular weight excluding hydrogens is 266 g/mol. The van der Waals surface area contributed by atoms with Gasteiger partial charge in [0.15, 0.2) is 0 Å². The van der Waals surface area contributed by atoms with Crippen molar-refractivity contribution in [3.63, 3.8) is 0 Å². The summed E-state index contributed by atoms with van der Waals surface area (Å²) in [5, 5.41) is 12.1. The molecule has 4 heteroatoms. The average Bonchev–Trinajstić information content (AvgIpc) is 2.54. The molecule has 2 aromatic rings. The number of fused-ring (bicyclic) bond motifs is 1. The first-order valence-corrected chi connectivity index (χ1v) is 6.65. The lowest BCUT2D eigenvalue weighted by atomic mass is 10.0. The summed E-state index contributed by atoms with van der Waals surface area (Å²) in [7, 11) is 0. The van der Waals surface area contributed by atoms with Gasteiger partial charge in [-0.15, -0.1) is 0 Å². The third-order valence-electron chi connectivity index (χ3n) is 3.29. The molecule has 0 radical (unpaired) electrons. The standard InChI is InChI=1S/C17H15NO3/c1-12(18-19)14-9-13-10-16(7-8-17(13)20-11-14)21-15-5-3-2-4-6-15/h2-10,19H,11H2,1H3. The lowest BCUT2D eigenvalue weighted by molar-refractivity contribution is 0.315. The summed E-state index contributed by atoms with van der Waals surface area (Å²) in [6.07, 6.45) is 1.95. The van der Waals surface area contributed by atoms with Crippen LogP contribution in [0.15, 0.2) is 59.3 Å². The number of nitrogens with zero attached hydrogens (tertiary/aromatic N) is 1. The van der Waals surface area contributed by atoms with Crippen molar-refractivity contribution in [1.29, 1.82) is 0 Å². The Morgan fingerprint density at radius 1 is 1.14 bits per heavy atom. The molecule has 0 amide bonds. The number of oxime groups is 1. The summed E-state index contributed by atoms with van der Waals surface area (Å²) in [6.45, 7) is 2.15. The zero-order valence-electron chi connectivity index (χ0n) is 11.6. The topological polar surface area (TPSA) is 51.1 Å². The summed E-state index contributed by atoms with van der Waals surface area (Å²) >= 11 is 0. The van der Waals surface area contributed by atoms with Crippen LogP contribution in [0, 0.1) is 0 Å². The summed E-state index contributed by atoms with van der Waals surface area (Å²) in [5.74, 6) is 2.32. The van der Waals surface area contributed by atoms with Crippen molar-refractivity contribution >= 4 is 11.8 Å². The van der Waals surface area contributed by atoms with Crippen LogP contribution in [0.1, 0.15) is 12.5 Å². The second kappa shape index (κ2) is 5.71. The molecule has 0 bridgehead atoms. The Morgan fingerprint density at radius 3 is 2.71 bits per heavy atom. The van der Waals surface area contributed by atoms with Gasteiger partial charge in [-0.3, -0.25) is 0 Å². The van der Waals surface area contributed by atoms with Gasteiger partial charge >= 0.3 is 0 Å². The number of hydrogen-bond donors (Lipinski definition) is 1. The zero-order chi connectivity index (χ0) is 14.7. The summed E-state index contributed by atoms with van der Waals surface area (Å²) in [5.41, 5.74) is 2.31. The molecule has 0 aliphatic carbocycles. The zero-order valence-corrected chi connectivity index (χ0v) is 11.6. The van der Waals surface area contributed by atoms with Gasteiger partial charge in [0, 0.05) is 11.1 Å². The third kappa shape index (κ3) is 2.89. The first kappa shape index (κ1) is 13.2. The predicted molar refractivity (Wildman–Crippen MR) is 81.3 cm³/mol. The molecule has 1 N–H and O–H groups in total. The molecule has 21 heavy (non-hydrogen) atoms. The van der Waals surface area contributed by atoms with Crippen molar-refractivity contribution in [1.82, 2.24) is 0 Å². The van der Waals surface area contributed by atoms with E-state index in [0.717, 1.165) is 28.4 Å². The van der Waals surface area contributed by atoms with E-state index in [1.54, 1.807) is 6.92 Å². The van der Waals surface area contributed by atoms with Crippen LogP contribution in [0.4, 0.5) is 0 Å². The summed E-state index contributed by atoms with van der Waals surface area (Å²) < 4.78 is 11.5. The molecule has 2 aromatic carbocycles. The molecule has 0 fully saturated rings. The number of ether oxygens (including phenoxy) is 2. The lowest BCUT2D eigenvalue weighted by Crippen LogP contribution is -2.12. The van der Waals surface area contributed by atoms with E-state index in [9.17, 15) is 0 Å². The maximum atomic E-state index is 8.85. The van der Waals surface area contributed by atoms with Crippen LogP contribution >= 0.6 is 0 Å². The monoisotopic (exact) mass is 281 g/mol. The van der Waals surface area contributed by atoms with Gasteiger partial charge in [-0.2, -0.15) is 0 Å². The fourth-order valence-corrected chi connectivity index (χ4v) is 2.12. The van der Waals surface area contributed by atoms with Crippen molar-refractivity contribution in [2.45, 2.75) is 6.92 Å². The normalized spacial score (nSPS) is 14.0. The minimum Gasteiger partial charge on any atom is -0.488 e. The fourth-order valence-electron chi connectivity index (χ4n) is 2.12. The largest absolute Gasteiger partial charge is 0.488 e. The number of hydrogen-bond acceptors (Lipinski definition) is 4. The predicted octanol–water partition coefficient (Wildman–Crippen LogP) is 4.10. The average molecular weight is 281 g/mol. The summed E-state index contributed by atoms with van der Waals surface area (Å²) in [4.78, 5) is 0. The Hall–Kier alpha value is -2.75. The first-order valence-electron chi connectivity index (χ1n) is 6.65. The van der Waals surface area contributed by atoms with Crippen molar-refractivity contribution in [3.8, 4) is 17.2 Å². The van der Waals surface area contributed by atoms with E-state index in [1.165, 1.54) is 0 Å². The first-order chi connectivity index (χ1) is 10.3. The molecule has 3 rings (SSSR count).